The van der Waals surface area contributed by atoms with Gasteiger partial charge in [-0.2, -0.15) is 13.2 Å². The molecule has 11 heteroatoms. The summed E-state index contributed by atoms with van der Waals surface area (Å²) in [4.78, 5) is 26.9. The first kappa shape index (κ1) is 30.0. The number of alkyl halides is 3. The van der Waals surface area contributed by atoms with Crippen molar-refractivity contribution in [3.8, 4) is 0 Å². The van der Waals surface area contributed by atoms with E-state index in [2.05, 4.69) is 27.2 Å². The summed E-state index contributed by atoms with van der Waals surface area (Å²) in [7, 11) is 0. The van der Waals surface area contributed by atoms with Gasteiger partial charge in [-0.25, -0.2) is 9.59 Å². The van der Waals surface area contributed by atoms with Crippen LogP contribution >= 0.6 is 0 Å². The van der Waals surface area contributed by atoms with Crippen LogP contribution in [0.25, 0.3) is 0 Å². The van der Waals surface area contributed by atoms with Crippen molar-refractivity contribution in [2.75, 3.05) is 49.6 Å². The van der Waals surface area contributed by atoms with Crippen molar-refractivity contribution in [2.24, 2.45) is 0 Å². The van der Waals surface area contributed by atoms with Crippen molar-refractivity contribution < 1.29 is 37.3 Å². The molecule has 1 aromatic carbocycles. The maximum Gasteiger partial charge on any atom is 0.490 e. The molecule has 3 aliphatic heterocycles. The first-order valence-electron chi connectivity index (χ1n) is 13.3. The fourth-order valence-electron chi connectivity index (χ4n) is 5.02. The van der Waals surface area contributed by atoms with Crippen molar-refractivity contribution in [2.45, 2.75) is 83.2 Å². The van der Waals surface area contributed by atoms with Gasteiger partial charge in [0.25, 0.3) is 0 Å². The number of carboxylic acids is 1. The molecule has 1 aromatic rings. The molecule has 3 heterocycles. The minimum absolute atomic E-state index is 0.263. The second-order valence-corrected chi connectivity index (χ2v) is 11.0. The monoisotopic (exact) mass is 543 g/mol. The van der Waals surface area contributed by atoms with Crippen molar-refractivity contribution in [3.63, 3.8) is 0 Å². The maximum atomic E-state index is 12.9. The number of likely N-dealkylation sites (tertiary alicyclic amines) is 1. The number of carbonyl (C=O) groups is 2. The molecule has 0 unspecified atom stereocenters. The number of anilines is 2. The van der Waals surface area contributed by atoms with Crippen LogP contribution in [-0.4, -0.2) is 85.2 Å². The molecule has 0 atom stereocenters. The Kier molecular flexibility index (Phi) is 10.3. The summed E-state index contributed by atoms with van der Waals surface area (Å²) >= 11 is 0. The highest BCUT2D eigenvalue weighted by atomic mass is 19.4. The van der Waals surface area contributed by atoms with Crippen LogP contribution in [0.2, 0.25) is 0 Å². The van der Waals surface area contributed by atoms with Crippen molar-refractivity contribution >= 4 is 23.3 Å². The molecule has 2 N–H and O–H groups in total. The summed E-state index contributed by atoms with van der Waals surface area (Å²) in [6.07, 6.45) is 1.98. The van der Waals surface area contributed by atoms with Crippen LogP contribution in [0, 0.1) is 0 Å². The Balaban J connectivity index is 0.000000505. The van der Waals surface area contributed by atoms with Crippen LogP contribution in [0.5, 0.6) is 0 Å². The summed E-state index contributed by atoms with van der Waals surface area (Å²) in [5.74, 6) is -3.02. The first-order chi connectivity index (χ1) is 17.8. The highest BCUT2D eigenvalue weighted by molar-refractivity contribution is 5.96. The molecule has 0 amide bonds. The van der Waals surface area contributed by atoms with Gasteiger partial charge in [-0.3, -0.25) is 0 Å². The lowest BCUT2D eigenvalue weighted by molar-refractivity contribution is -0.192. The summed E-state index contributed by atoms with van der Waals surface area (Å²) in [5.41, 5.74) is 2.20. The zero-order valence-corrected chi connectivity index (χ0v) is 22.5. The Morgan fingerprint density at radius 1 is 1.00 bits per heavy atom. The van der Waals surface area contributed by atoms with Crippen molar-refractivity contribution in [3.05, 3.63) is 23.8 Å². The number of carboxylic acid groups (broad SMARTS) is 1. The summed E-state index contributed by atoms with van der Waals surface area (Å²) in [5, 5.41) is 10.8. The van der Waals surface area contributed by atoms with E-state index in [1.807, 2.05) is 26.8 Å². The zero-order valence-electron chi connectivity index (χ0n) is 22.5. The van der Waals surface area contributed by atoms with Gasteiger partial charge in [-0.1, -0.05) is 0 Å². The smallest absolute Gasteiger partial charge is 0.475 e. The van der Waals surface area contributed by atoms with Gasteiger partial charge in [-0.15, -0.1) is 0 Å². The molecule has 0 spiro atoms. The van der Waals surface area contributed by atoms with Crippen LogP contribution in [0.4, 0.5) is 24.5 Å². The van der Waals surface area contributed by atoms with E-state index in [1.54, 1.807) is 0 Å². The Bertz CT molecular complexity index is 931. The van der Waals surface area contributed by atoms with Gasteiger partial charge in [0.1, 0.15) is 5.60 Å². The average Bonchev–Trinajstić information content (AvgIpc) is 3.39. The van der Waals surface area contributed by atoms with Crippen LogP contribution in [-0.2, 0) is 14.3 Å². The fraction of sp³-hybridized carbons (Fsp3) is 0.704. The SMILES string of the molecule is CC(C)(C)OC(=O)c1ccc(N2CCC(N3CCCC3)CC2)cc1NC1CCOCC1.O=C(O)C(F)(F)F. The molecule has 0 bridgehead atoms. The standard InChI is InChI=1S/C25H39N3O3.C2HF3O2/c1-25(2,3)31-24(29)22-7-6-21(18-23(22)26-19-10-16-30-17-11-19)28-14-8-20(9-15-28)27-12-4-5-13-27;3-2(4,5)1(6)7/h6-7,18-20,26H,4-5,8-17H2,1-3H3;(H,6,7). The second-order valence-electron chi connectivity index (χ2n) is 11.0. The Morgan fingerprint density at radius 2 is 1.58 bits per heavy atom. The number of halogens is 3. The average molecular weight is 544 g/mol. The molecule has 0 saturated carbocycles. The Hall–Kier alpha value is -2.53. The predicted molar refractivity (Wildman–Crippen MR) is 139 cm³/mol. The van der Waals surface area contributed by atoms with E-state index in [0.717, 1.165) is 50.9 Å². The number of hydrogen-bond donors (Lipinski definition) is 2. The quantitative estimate of drug-likeness (QED) is 0.506. The summed E-state index contributed by atoms with van der Waals surface area (Å²) < 4.78 is 42.9. The highest BCUT2D eigenvalue weighted by Gasteiger charge is 2.38. The molecule has 4 rings (SSSR count). The molecule has 38 heavy (non-hydrogen) atoms. The number of nitrogens with zero attached hydrogens (tertiary/aromatic N) is 2. The van der Waals surface area contributed by atoms with Crippen LogP contribution in [0.3, 0.4) is 0 Å². The molecule has 3 fully saturated rings. The van der Waals surface area contributed by atoms with Gasteiger partial charge in [0.2, 0.25) is 0 Å². The van der Waals surface area contributed by atoms with Crippen LogP contribution < -0.4 is 10.2 Å². The Morgan fingerprint density at radius 3 is 2.11 bits per heavy atom. The van der Waals surface area contributed by atoms with Crippen molar-refractivity contribution in [1.29, 1.82) is 0 Å². The third kappa shape index (κ3) is 9.04. The molecule has 8 nitrogen and oxygen atoms in total. The molecule has 3 saturated heterocycles. The number of carbonyl (C=O) groups excluding carboxylic acids is 1. The van der Waals surface area contributed by atoms with E-state index >= 15 is 0 Å². The third-order valence-corrected chi connectivity index (χ3v) is 6.93. The molecular weight excluding hydrogens is 503 g/mol. The van der Waals surface area contributed by atoms with E-state index in [4.69, 9.17) is 19.4 Å². The van der Waals surface area contributed by atoms with Crippen molar-refractivity contribution in [1.82, 2.24) is 4.90 Å². The Labute approximate surface area is 222 Å². The first-order valence-corrected chi connectivity index (χ1v) is 13.3. The maximum absolute atomic E-state index is 12.9. The lowest BCUT2D eigenvalue weighted by atomic mass is 10.0. The highest BCUT2D eigenvalue weighted by Crippen LogP contribution is 2.30. The van der Waals surface area contributed by atoms with Crippen LogP contribution in [0.1, 0.15) is 69.7 Å². The van der Waals surface area contributed by atoms with Gasteiger partial charge in [0.05, 0.1) is 11.3 Å². The van der Waals surface area contributed by atoms with E-state index < -0.39 is 17.7 Å². The second kappa shape index (κ2) is 13.0. The van der Waals surface area contributed by atoms with E-state index in [-0.39, 0.29) is 5.97 Å². The molecular formula is C27H40F3N3O5. The number of rotatable bonds is 5. The molecule has 3 aliphatic rings. The lowest BCUT2D eigenvalue weighted by Crippen LogP contribution is -2.43. The number of esters is 1. The summed E-state index contributed by atoms with van der Waals surface area (Å²) in [6, 6.07) is 7.25. The fourth-order valence-corrected chi connectivity index (χ4v) is 5.02. The van der Waals surface area contributed by atoms with Gasteiger partial charge >= 0.3 is 18.1 Å². The molecule has 0 aromatic heterocycles. The number of nitrogens with one attached hydrogen (secondary N) is 1. The largest absolute Gasteiger partial charge is 0.490 e. The van der Waals surface area contributed by atoms with Gasteiger partial charge in [0, 0.05) is 44.1 Å². The molecule has 0 aliphatic carbocycles. The normalized spacial score (nSPS) is 20.0. The number of benzene rings is 1. The minimum Gasteiger partial charge on any atom is -0.475 e. The van der Waals surface area contributed by atoms with Gasteiger partial charge < -0.3 is 29.7 Å². The van der Waals surface area contributed by atoms with E-state index in [9.17, 15) is 18.0 Å². The predicted octanol–water partition coefficient (Wildman–Crippen LogP) is 4.93. The molecule has 214 valence electrons. The van der Waals surface area contributed by atoms with E-state index in [1.165, 1.54) is 44.5 Å². The third-order valence-electron chi connectivity index (χ3n) is 6.93. The van der Waals surface area contributed by atoms with E-state index in [0.29, 0.717) is 11.6 Å². The molecule has 0 radical (unpaired) electrons. The van der Waals surface area contributed by atoms with Gasteiger partial charge in [-0.05, 0) is 90.6 Å². The minimum atomic E-state index is -5.08. The zero-order chi connectivity index (χ0) is 27.9. The number of piperidine rings is 1. The van der Waals surface area contributed by atoms with Gasteiger partial charge in [0.15, 0.2) is 0 Å². The topological polar surface area (TPSA) is 91.3 Å². The number of hydrogen-bond acceptors (Lipinski definition) is 7. The summed E-state index contributed by atoms with van der Waals surface area (Å²) in [6.45, 7) is 12.0. The number of ether oxygens (including phenoxy) is 2. The lowest BCUT2D eigenvalue weighted by Gasteiger charge is -2.38. The van der Waals surface area contributed by atoms with Crippen LogP contribution in [0.15, 0.2) is 18.2 Å². The number of aliphatic carboxylic acids is 1.